The summed E-state index contributed by atoms with van der Waals surface area (Å²) in [5.74, 6) is 0.00746. The Hall–Kier alpha value is -1.57. The minimum atomic E-state index is 0.00746. The van der Waals surface area contributed by atoms with E-state index in [0.717, 1.165) is 18.4 Å². The van der Waals surface area contributed by atoms with E-state index in [1.165, 1.54) is 5.56 Å². The molecule has 16 heavy (non-hydrogen) atoms. The van der Waals surface area contributed by atoms with Gasteiger partial charge in [0.2, 0.25) is 5.91 Å². The lowest BCUT2D eigenvalue weighted by molar-refractivity contribution is -0.116. The van der Waals surface area contributed by atoms with Crippen molar-refractivity contribution < 1.29 is 4.79 Å². The topological polar surface area (TPSA) is 29.1 Å². The highest BCUT2D eigenvalue weighted by Crippen LogP contribution is 2.08. The van der Waals surface area contributed by atoms with Crippen LogP contribution in [-0.4, -0.2) is 12.5 Å². The fraction of sp³-hybridized carbons (Fsp3) is 0.357. The highest BCUT2D eigenvalue weighted by Gasteiger charge is 1.97. The molecule has 0 saturated heterocycles. The number of hydrogen-bond acceptors (Lipinski definition) is 1. The van der Waals surface area contributed by atoms with E-state index in [2.05, 4.69) is 17.4 Å². The minimum absolute atomic E-state index is 0.00746. The predicted octanol–water partition coefficient (Wildman–Crippen LogP) is 2.70. The first kappa shape index (κ1) is 12.5. The number of nitrogens with one attached hydrogen (secondary N) is 1. The van der Waals surface area contributed by atoms with Gasteiger partial charge < -0.3 is 5.32 Å². The van der Waals surface area contributed by atoms with E-state index in [1.54, 1.807) is 6.08 Å². The minimum Gasteiger partial charge on any atom is -0.353 e. The van der Waals surface area contributed by atoms with Gasteiger partial charge in [-0.15, -0.1) is 0 Å². The summed E-state index contributed by atoms with van der Waals surface area (Å²) in [6.45, 7) is 4.60. The van der Waals surface area contributed by atoms with Crippen molar-refractivity contribution in [1.29, 1.82) is 0 Å². The summed E-state index contributed by atoms with van der Waals surface area (Å²) < 4.78 is 0. The van der Waals surface area contributed by atoms with Crippen LogP contribution in [0.3, 0.4) is 0 Å². The molecule has 0 unspecified atom stereocenters. The Morgan fingerprint density at radius 3 is 2.62 bits per heavy atom. The van der Waals surface area contributed by atoms with Gasteiger partial charge in [-0.1, -0.05) is 35.9 Å². The van der Waals surface area contributed by atoms with Gasteiger partial charge in [-0.2, -0.15) is 0 Å². The molecule has 0 aliphatic rings. The molecule has 1 aromatic rings. The van der Waals surface area contributed by atoms with Crippen LogP contribution in [0.2, 0.25) is 0 Å². The maximum absolute atomic E-state index is 11.3. The van der Waals surface area contributed by atoms with Crippen molar-refractivity contribution in [1.82, 2.24) is 5.32 Å². The smallest absolute Gasteiger partial charge is 0.243 e. The lowest BCUT2D eigenvalue weighted by Crippen LogP contribution is -2.20. The first-order valence-electron chi connectivity index (χ1n) is 5.71. The molecule has 0 aliphatic heterocycles. The van der Waals surface area contributed by atoms with Gasteiger partial charge in [0.05, 0.1) is 0 Å². The normalized spacial score (nSPS) is 11.2. The van der Waals surface area contributed by atoms with Crippen molar-refractivity contribution in [2.24, 2.45) is 0 Å². The SMILES string of the molecule is CCNC(=O)/C=C(\C)CCc1ccccc1. The average Bonchev–Trinajstić information content (AvgIpc) is 2.28. The Balaban J connectivity index is 2.40. The molecule has 0 fully saturated rings. The summed E-state index contributed by atoms with van der Waals surface area (Å²) in [6, 6.07) is 10.3. The summed E-state index contributed by atoms with van der Waals surface area (Å²) >= 11 is 0. The second-order valence-electron chi connectivity index (χ2n) is 3.87. The number of rotatable bonds is 5. The van der Waals surface area contributed by atoms with E-state index in [4.69, 9.17) is 0 Å². The fourth-order valence-corrected chi connectivity index (χ4v) is 1.51. The molecular weight excluding hydrogens is 198 g/mol. The molecule has 0 bridgehead atoms. The van der Waals surface area contributed by atoms with Gasteiger partial charge in [0.15, 0.2) is 0 Å². The van der Waals surface area contributed by atoms with Gasteiger partial charge in [0, 0.05) is 12.6 Å². The molecule has 1 N–H and O–H groups in total. The molecule has 0 heterocycles. The van der Waals surface area contributed by atoms with Gasteiger partial charge in [-0.05, 0) is 32.3 Å². The number of aryl methyl sites for hydroxylation is 1. The van der Waals surface area contributed by atoms with Crippen molar-refractivity contribution in [3.05, 3.63) is 47.5 Å². The standard InChI is InChI=1S/C14H19NO/c1-3-15-14(16)11-12(2)9-10-13-7-5-4-6-8-13/h4-8,11H,3,9-10H2,1-2H3,(H,15,16)/b12-11+. The van der Waals surface area contributed by atoms with Crippen LogP contribution in [0, 0.1) is 0 Å². The second-order valence-corrected chi connectivity index (χ2v) is 3.87. The van der Waals surface area contributed by atoms with Crippen molar-refractivity contribution in [2.75, 3.05) is 6.54 Å². The molecule has 1 rings (SSSR count). The van der Waals surface area contributed by atoms with Gasteiger partial charge >= 0.3 is 0 Å². The molecule has 1 aromatic carbocycles. The molecule has 86 valence electrons. The van der Waals surface area contributed by atoms with E-state index in [1.807, 2.05) is 32.0 Å². The molecule has 2 heteroatoms. The summed E-state index contributed by atoms with van der Waals surface area (Å²) in [5, 5.41) is 2.76. The Labute approximate surface area is 97.4 Å². The number of carbonyl (C=O) groups excluding carboxylic acids is 1. The van der Waals surface area contributed by atoms with Crippen molar-refractivity contribution in [3.8, 4) is 0 Å². The molecule has 0 atom stereocenters. The Bertz CT molecular complexity index is 354. The predicted molar refractivity (Wildman–Crippen MR) is 67.2 cm³/mol. The zero-order valence-corrected chi connectivity index (χ0v) is 9.99. The van der Waals surface area contributed by atoms with Crippen LogP contribution >= 0.6 is 0 Å². The van der Waals surface area contributed by atoms with Crippen LogP contribution in [0.25, 0.3) is 0 Å². The molecule has 0 radical (unpaired) electrons. The van der Waals surface area contributed by atoms with E-state index in [-0.39, 0.29) is 5.91 Å². The van der Waals surface area contributed by atoms with Crippen LogP contribution in [0.1, 0.15) is 25.8 Å². The van der Waals surface area contributed by atoms with Gasteiger partial charge in [0.25, 0.3) is 0 Å². The third-order valence-corrected chi connectivity index (χ3v) is 2.38. The molecule has 0 aromatic heterocycles. The van der Waals surface area contributed by atoms with Gasteiger partial charge in [-0.25, -0.2) is 0 Å². The summed E-state index contributed by atoms with van der Waals surface area (Å²) in [5.41, 5.74) is 2.43. The zero-order chi connectivity index (χ0) is 11.8. The number of allylic oxidation sites excluding steroid dienone is 1. The van der Waals surface area contributed by atoms with Crippen LogP contribution in [0.5, 0.6) is 0 Å². The van der Waals surface area contributed by atoms with Crippen LogP contribution in [-0.2, 0) is 11.2 Å². The molecule has 0 saturated carbocycles. The lowest BCUT2D eigenvalue weighted by Gasteiger charge is -2.02. The first-order valence-corrected chi connectivity index (χ1v) is 5.71. The van der Waals surface area contributed by atoms with Gasteiger partial charge in [0.1, 0.15) is 0 Å². The molecular formula is C14H19NO. The largest absolute Gasteiger partial charge is 0.353 e. The van der Waals surface area contributed by atoms with Gasteiger partial charge in [-0.3, -0.25) is 4.79 Å². The van der Waals surface area contributed by atoms with E-state index >= 15 is 0 Å². The monoisotopic (exact) mass is 217 g/mol. The number of carbonyl (C=O) groups is 1. The van der Waals surface area contributed by atoms with Crippen molar-refractivity contribution in [3.63, 3.8) is 0 Å². The lowest BCUT2D eigenvalue weighted by atomic mass is 10.1. The first-order chi connectivity index (χ1) is 7.72. The maximum Gasteiger partial charge on any atom is 0.243 e. The summed E-state index contributed by atoms with van der Waals surface area (Å²) in [4.78, 5) is 11.3. The number of benzene rings is 1. The molecule has 1 amide bonds. The van der Waals surface area contributed by atoms with Crippen molar-refractivity contribution in [2.45, 2.75) is 26.7 Å². The third kappa shape index (κ3) is 4.78. The van der Waals surface area contributed by atoms with Crippen LogP contribution in [0.4, 0.5) is 0 Å². The Morgan fingerprint density at radius 2 is 2.00 bits per heavy atom. The van der Waals surface area contributed by atoms with Crippen molar-refractivity contribution >= 4 is 5.91 Å². The highest BCUT2D eigenvalue weighted by atomic mass is 16.1. The average molecular weight is 217 g/mol. The number of likely N-dealkylation sites (N-methyl/N-ethyl adjacent to an activating group) is 1. The molecule has 2 nitrogen and oxygen atoms in total. The fourth-order valence-electron chi connectivity index (χ4n) is 1.51. The van der Waals surface area contributed by atoms with E-state index < -0.39 is 0 Å². The van der Waals surface area contributed by atoms with Crippen LogP contribution in [0.15, 0.2) is 42.0 Å². The number of hydrogen-bond donors (Lipinski definition) is 1. The molecule has 0 aliphatic carbocycles. The van der Waals surface area contributed by atoms with E-state index in [9.17, 15) is 4.79 Å². The maximum atomic E-state index is 11.3. The third-order valence-electron chi connectivity index (χ3n) is 2.38. The zero-order valence-electron chi connectivity index (χ0n) is 9.99. The van der Waals surface area contributed by atoms with E-state index in [0.29, 0.717) is 6.54 Å². The summed E-state index contributed by atoms with van der Waals surface area (Å²) in [7, 11) is 0. The quantitative estimate of drug-likeness (QED) is 0.755. The van der Waals surface area contributed by atoms with Crippen LogP contribution < -0.4 is 5.32 Å². The summed E-state index contributed by atoms with van der Waals surface area (Å²) in [6.07, 6.45) is 3.61. The molecule has 0 spiro atoms. The Kier molecular flexibility index (Phi) is 5.34. The second kappa shape index (κ2) is 6.83. The number of amides is 1. The highest BCUT2D eigenvalue weighted by molar-refractivity contribution is 5.88. The Morgan fingerprint density at radius 1 is 1.31 bits per heavy atom.